The minimum absolute atomic E-state index is 0.129. The van der Waals surface area contributed by atoms with E-state index in [0.717, 1.165) is 18.6 Å². The van der Waals surface area contributed by atoms with Crippen molar-refractivity contribution < 1.29 is 23.5 Å². The topological polar surface area (TPSA) is 72.8 Å². The molecule has 0 aromatic rings. The molecular formula is C27H55O5PS. The first-order valence-corrected chi connectivity index (χ1v) is 16.8. The molecule has 0 aliphatic rings. The van der Waals surface area contributed by atoms with E-state index in [4.69, 9.17) is 9.05 Å². The normalized spacial score (nSPS) is 15.2. The van der Waals surface area contributed by atoms with Crippen LogP contribution in [0.2, 0.25) is 0 Å². The van der Waals surface area contributed by atoms with Crippen molar-refractivity contribution in [3.63, 3.8) is 0 Å². The minimum Gasteiger partial charge on any atom is -0.472 e. The van der Waals surface area contributed by atoms with Gasteiger partial charge in [-0.2, -0.15) is 11.8 Å². The second-order valence-electron chi connectivity index (χ2n) is 9.57. The standard InChI is InChI=1S/C27H55O5PS/c1-5-8-10-12-14-15-17-19-21-24-34-26(22-20-18-16-13-11-9-6-2)25(4)32-33(30,27(28)29)31-23-7-3/h25-26H,5-24H2,1-4H3,(H,28,29). The summed E-state index contributed by atoms with van der Waals surface area (Å²) in [7, 11) is -4.14. The highest BCUT2D eigenvalue weighted by Gasteiger charge is 2.38. The Morgan fingerprint density at radius 2 is 1.24 bits per heavy atom. The van der Waals surface area contributed by atoms with Gasteiger partial charge in [0, 0.05) is 5.25 Å². The van der Waals surface area contributed by atoms with Crippen LogP contribution < -0.4 is 0 Å². The SMILES string of the molecule is CCCCCCCCCCCSC(CCCCCCCCC)C(C)OP(=O)(OCCC)C(=O)O. The molecule has 5 nitrogen and oxygen atoms in total. The number of thioether (sulfide) groups is 1. The summed E-state index contributed by atoms with van der Waals surface area (Å²) in [4.78, 5) is 11.6. The van der Waals surface area contributed by atoms with E-state index < -0.39 is 19.4 Å². The number of rotatable bonds is 26. The smallest absolute Gasteiger partial charge is 0.438 e. The Kier molecular flexibility index (Phi) is 23.4. The van der Waals surface area contributed by atoms with E-state index in [1.165, 1.54) is 96.3 Å². The Morgan fingerprint density at radius 1 is 0.765 bits per heavy atom. The van der Waals surface area contributed by atoms with Gasteiger partial charge in [-0.15, -0.1) is 0 Å². The predicted octanol–water partition coefficient (Wildman–Crippen LogP) is 10.5. The van der Waals surface area contributed by atoms with Gasteiger partial charge in [0.1, 0.15) is 0 Å². The van der Waals surface area contributed by atoms with E-state index in [9.17, 15) is 14.5 Å². The molecule has 3 atom stereocenters. The summed E-state index contributed by atoms with van der Waals surface area (Å²) >= 11 is 1.86. The molecule has 7 heteroatoms. The molecule has 0 aliphatic carbocycles. The summed E-state index contributed by atoms with van der Waals surface area (Å²) in [5.74, 6) is 1.04. The van der Waals surface area contributed by atoms with Crippen molar-refractivity contribution in [1.29, 1.82) is 0 Å². The molecule has 204 valence electrons. The fourth-order valence-electron chi connectivity index (χ4n) is 4.03. The van der Waals surface area contributed by atoms with Crippen molar-refractivity contribution in [3.8, 4) is 0 Å². The molecular weight excluding hydrogens is 467 g/mol. The van der Waals surface area contributed by atoms with Crippen molar-refractivity contribution >= 4 is 25.1 Å². The quantitative estimate of drug-likeness (QED) is 0.0899. The fourth-order valence-corrected chi connectivity index (χ4v) is 6.72. The van der Waals surface area contributed by atoms with Gasteiger partial charge in [-0.25, -0.2) is 9.36 Å². The molecule has 34 heavy (non-hydrogen) atoms. The van der Waals surface area contributed by atoms with Crippen molar-refractivity contribution in [1.82, 2.24) is 0 Å². The zero-order valence-corrected chi connectivity index (χ0v) is 24.4. The Bertz CT molecular complexity index is 517. The van der Waals surface area contributed by atoms with Crippen molar-refractivity contribution in [2.24, 2.45) is 0 Å². The van der Waals surface area contributed by atoms with E-state index >= 15 is 0 Å². The van der Waals surface area contributed by atoms with E-state index in [-0.39, 0.29) is 11.9 Å². The van der Waals surface area contributed by atoms with Crippen molar-refractivity contribution in [2.75, 3.05) is 12.4 Å². The first kappa shape index (κ1) is 34.0. The van der Waals surface area contributed by atoms with E-state index in [0.29, 0.717) is 6.42 Å². The van der Waals surface area contributed by atoms with Crippen LogP contribution in [0.4, 0.5) is 4.79 Å². The molecule has 1 N–H and O–H groups in total. The maximum absolute atomic E-state index is 12.8. The average molecular weight is 523 g/mol. The Balaban J connectivity index is 4.52. The molecule has 0 saturated carbocycles. The van der Waals surface area contributed by atoms with E-state index in [2.05, 4.69) is 13.8 Å². The number of unbranched alkanes of at least 4 members (excludes halogenated alkanes) is 14. The highest BCUT2D eigenvalue weighted by atomic mass is 32.2. The predicted molar refractivity (Wildman–Crippen MR) is 149 cm³/mol. The monoisotopic (exact) mass is 522 g/mol. The molecule has 0 rings (SSSR count). The van der Waals surface area contributed by atoms with Gasteiger partial charge in [0.2, 0.25) is 0 Å². The van der Waals surface area contributed by atoms with Crippen molar-refractivity contribution in [3.05, 3.63) is 0 Å². The molecule has 0 aromatic heterocycles. The summed E-state index contributed by atoms with van der Waals surface area (Å²) in [5, 5.41) is 9.59. The van der Waals surface area contributed by atoms with E-state index in [1.807, 2.05) is 25.6 Å². The highest BCUT2D eigenvalue weighted by Crippen LogP contribution is 2.51. The van der Waals surface area contributed by atoms with Gasteiger partial charge in [0.15, 0.2) is 0 Å². The van der Waals surface area contributed by atoms with Gasteiger partial charge >= 0.3 is 13.3 Å². The lowest BCUT2D eigenvalue weighted by atomic mass is 10.1. The van der Waals surface area contributed by atoms with Crippen LogP contribution in [0.5, 0.6) is 0 Å². The van der Waals surface area contributed by atoms with Crippen LogP contribution >= 0.6 is 19.4 Å². The minimum atomic E-state index is -4.14. The molecule has 0 heterocycles. The second-order valence-corrected chi connectivity index (χ2v) is 12.8. The molecule has 0 bridgehead atoms. The summed E-state index contributed by atoms with van der Waals surface area (Å²) in [5.41, 5.74) is -1.48. The summed E-state index contributed by atoms with van der Waals surface area (Å²) < 4.78 is 23.6. The lowest BCUT2D eigenvalue weighted by molar-refractivity contribution is 0.142. The van der Waals surface area contributed by atoms with Gasteiger partial charge in [-0.05, 0) is 31.9 Å². The highest BCUT2D eigenvalue weighted by molar-refractivity contribution is 7.99. The molecule has 0 spiro atoms. The second kappa shape index (κ2) is 23.4. The van der Waals surface area contributed by atoms with Crippen LogP contribution in [-0.2, 0) is 13.6 Å². The van der Waals surface area contributed by atoms with Gasteiger partial charge in [0.05, 0.1) is 12.7 Å². The van der Waals surface area contributed by atoms with Crippen LogP contribution in [0, 0.1) is 0 Å². The molecule has 0 saturated heterocycles. The number of carbonyl (C=O) groups is 1. The van der Waals surface area contributed by atoms with Crippen LogP contribution in [0.15, 0.2) is 0 Å². The molecule has 3 unspecified atom stereocenters. The maximum Gasteiger partial charge on any atom is 0.438 e. The van der Waals surface area contributed by atoms with Crippen LogP contribution in [0.3, 0.4) is 0 Å². The maximum atomic E-state index is 12.8. The van der Waals surface area contributed by atoms with Gasteiger partial charge < -0.3 is 9.63 Å². The Labute approximate surface area is 215 Å². The number of carboxylic acid groups (broad SMARTS) is 1. The third-order valence-corrected chi connectivity index (χ3v) is 9.37. The summed E-state index contributed by atoms with van der Waals surface area (Å²) in [6.07, 6.45) is 21.6. The zero-order chi connectivity index (χ0) is 25.5. The molecule has 0 fully saturated rings. The Hall–Kier alpha value is -0.0300. The van der Waals surface area contributed by atoms with Gasteiger partial charge in [-0.3, -0.25) is 4.52 Å². The first-order valence-electron chi connectivity index (χ1n) is 14.2. The van der Waals surface area contributed by atoms with Crippen molar-refractivity contribution in [2.45, 2.75) is 155 Å². The average Bonchev–Trinajstić information content (AvgIpc) is 2.81. The lowest BCUT2D eigenvalue weighted by Crippen LogP contribution is -2.25. The van der Waals surface area contributed by atoms with Gasteiger partial charge in [-0.1, -0.05) is 117 Å². The van der Waals surface area contributed by atoms with Gasteiger partial charge in [0.25, 0.3) is 0 Å². The Morgan fingerprint density at radius 3 is 1.71 bits per heavy atom. The first-order chi connectivity index (χ1) is 16.4. The number of hydrogen-bond donors (Lipinski definition) is 1. The zero-order valence-electron chi connectivity index (χ0n) is 22.7. The molecule has 0 amide bonds. The molecule has 0 aliphatic heterocycles. The third-order valence-electron chi connectivity index (χ3n) is 6.20. The lowest BCUT2D eigenvalue weighted by Gasteiger charge is -2.26. The fraction of sp³-hybridized carbons (Fsp3) is 0.963. The number of hydrogen-bond acceptors (Lipinski definition) is 5. The van der Waals surface area contributed by atoms with Crippen LogP contribution in [-0.4, -0.2) is 34.5 Å². The molecule has 0 aromatic carbocycles. The summed E-state index contributed by atoms with van der Waals surface area (Å²) in [6, 6.07) is 0. The van der Waals surface area contributed by atoms with E-state index in [1.54, 1.807) is 0 Å². The largest absolute Gasteiger partial charge is 0.472 e. The van der Waals surface area contributed by atoms with Crippen LogP contribution in [0.25, 0.3) is 0 Å². The van der Waals surface area contributed by atoms with Crippen LogP contribution in [0.1, 0.15) is 143 Å². The summed E-state index contributed by atoms with van der Waals surface area (Å²) in [6.45, 7) is 8.34. The molecule has 0 radical (unpaired) electrons. The third kappa shape index (κ3) is 18.3.